The summed E-state index contributed by atoms with van der Waals surface area (Å²) in [5.41, 5.74) is 6.76. The number of anilines is 1. The maximum atomic E-state index is 11.9. The monoisotopic (exact) mass is 309 g/mol. The third-order valence-electron chi connectivity index (χ3n) is 2.79. The Kier molecular flexibility index (Phi) is 4.91. The average Bonchev–Trinajstić information content (AvgIpc) is 2.97. The third-order valence-corrected chi connectivity index (χ3v) is 4.57. The molecule has 6 heteroatoms. The fraction of sp³-hybridized carbons (Fsp3) is 0.429. The van der Waals surface area contributed by atoms with Crippen molar-refractivity contribution in [3.63, 3.8) is 0 Å². The van der Waals surface area contributed by atoms with Gasteiger partial charge >= 0.3 is 0 Å². The topological polar surface area (TPSA) is 68.0 Å². The smallest absolute Gasteiger partial charge is 0.243 e. The summed E-state index contributed by atoms with van der Waals surface area (Å²) in [7, 11) is 0. The van der Waals surface area contributed by atoms with Gasteiger partial charge in [-0.15, -0.1) is 22.7 Å². The molecule has 0 saturated carbocycles. The zero-order chi connectivity index (χ0) is 14.7. The molecule has 0 aromatic carbocycles. The van der Waals surface area contributed by atoms with E-state index in [-0.39, 0.29) is 5.91 Å². The predicted molar refractivity (Wildman–Crippen MR) is 86.2 cm³/mol. The molecule has 108 valence electrons. The van der Waals surface area contributed by atoms with Crippen molar-refractivity contribution in [3.05, 3.63) is 22.4 Å². The quantitative estimate of drug-likeness (QED) is 0.888. The molecule has 0 aliphatic heterocycles. The molecule has 0 spiro atoms. The number of aromatic nitrogens is 1. The van der Waals surface area contributed by atoms with Crippen LogP contribution in [0.4, 0.5) is 5.13 Å². The minimum Gasteiger partial charge on any atom is -0.320 e. The molecule has 0 aliphatic rings. The second-order valence-electron chi connectivity index (χ2n) is 5.17. The lowest BCUT2D eigenvalue weighted by molar-refractivity contribution is -0.117. The van der Waals surface area contributed by atoms with E-state index >= 15 is 0 Å². The van der Waals surface area contributed by atoms with Gasteiger partial charge in [0.05, 0.1) is 16.6 Å². The molecule has 0 saturated heterocycles. The largest absolute Gasteiger partial charge is 0.320 e. The van der Waals surface area contributed by atoms with Crippen LogP contribution >= 0.6 is 22.7 Å². The van der Waals surface area contributed by atoms with Crippen molar-refractivity contribution in [1.82, 2.24) is 4.98 Å². The van der Waals surface area contributed by atoms with E-state index in [0.717, 1.165) is 10.6 Å². The fourth-order valence-corrected chi connectivity index (χ4v) is 3.45. The maximum absolute atomic E-state index is 11.9. The normalized spacial score (nSPS) is 12.7. The van der Waals surface area contributed by atoms with Crippen LogP contribution in [0.5, 0.6) is 0 Å². The molecule has 0 unspecified atom stereocenters. The highest BCUT2D eigenvalue weighted by atomic mass is 32.1. The summed E-state index contributed by atoms with van der Waals surface area (Å²) in [6, 6.07) is 3.63. The number of nitrogens with one attached hydrogen (secondary N) is 1. The molecular formula is C14H19N3OS2. The first-order chi connectivity index (χ1) is 9.45. The number of carbonyl (C=O) groups excluding carboxylic acids is 1. The zero-order valence-corrected chi connectivity index (χ0v) is 13.5. The number of carbonyl (C=O) groups is 1. The van der Waals surface area contributed by atoms with E-state index in [1.807, 2.05) is 25.3 Å². The van der Waals surface area contributed by atoms with E-state index in [1.54, 1.807) is 11.3 Å². The summed E-state index contributed by atoms with van der Waals surface area (Å²) >= 11 is 3.12. The molecule has 4 nitrogen and oxygen atoms in total. The Morgan fingerprint density at radius 1 is 1.45 bits per heavy atom. The molecule has 0 radical (unpaired) electrons. The molecule has 2 aromatic rings. The van der Waals surface area contributed by atoms with Crippen molar-refractivity contribution >= 4 is 33.7 Å². The number of hydrogen-bond donors (Lipinski definition) is 2. The Labute approximate surface area is 127 Å². The van der Waals surface area contributed by atoms with Gasteiger partial charge in [-0.05, 0) is 31.4 Å². The molecule has 0 bridgehead atoms. The number of thiazole rings is 1. The summed E-state index contributed by atoms with van der Waals surface area (Å²) < 4.78 is 0. The van der Waals surface area contributed by atoms with Crippen LogP contribution in [0.2, 0.25) is 0 Å². The average molecular weight is 309 g/mol. The van der Waals surface area contributed by atoms with Crippen LogP contribution in [0.15, 0.2) is 17.5 Å². The molecule has 2 heterocycles. The van der Waals surface area contributed by atoms with Crippen LogP contribution in [0.1, 0.15) is 25.1 Å². The summed E-state index contributed by atoms with van der Waals surface area (Å²) in [6.45, 7) is 6.16. The highest BCUT2D eigenvalue weighted by Gasteiger charge is 2.16. The zero-order valence-electron chi connectivity index (χ0n) is 11.8. The summed E-state index contributed by atoms with van der Waals surface area (Å²) in [6.07, 6.45) is 0.675. The predicted octanol–water partition coefficient (Wildman–Crippen LogP) is 3.49. The number of amides is 1. The van der Waals surface area contributed by atoms with Gasteiger partial charge in [0.1, 0.15) is 0 Å². The van der Waals surface area contributed by atoms with Crippen molar-refractivity contribution in [2.24, 2.45) is 11.7 Å². The lowest BCUT2D eigenvalue weighted by Crippen LogP contribution is -2.36. The number of nitrogens with two attached hydrogens (primary N) is 1. The van der Waals surface area contributed by atoms with Crippen molar-refractivity contribution in [2.75, 3.05) is 5.32 Å². The van der Waals surface area contributed by atoms with Gasteiger partial charge in [0, 0.05) is 10.3 Å². The number of nitrogens with zero attached hydrogens (tertiary/aromatic N) is 1. The number of hydrogen-bond acceptors (Lipinski definition) is 5. The Morgan fingerprint density at radius 3 is 2.80 bits per heavy atom. The van der Waals surface area contributed by atoms with E-state index in [1.165, 1.54) is 16.2 Å². The van der Waals surface area contributed by atoms with Crippen LogP contribution in [-0.4, -0.2) is 16.9 Å². The molecule has 2 rings (SSSR count). The van der Waals surface area contributed by atoms with Gasteiger partial charge in [0.25, 0.3) is 0 Å². The van der Waals surface area contributed by atoms with E-state index in [4.69, 9.17) is 5.73 Å². The highest BCUT2D eigenvalue weighted by molar-refractivity contribution is 7.17. The van der Waals surface area contributed by atoms with Crippen molar-refractivity contribution in [1.29, 1.82) is 0 Å². The maximum Gasteiger partial charge on any atom is 0.243 e. The van der Waals surface area contributed by atoms with Crippen LogP contribution < -0.4 is 11.1 Å². The Bertz CT molecular complexity index is 589. The van der Waals surface area contributed by atoms with E-state index in [9.17, 15) is 4.79 Å². The van der Waals surface area contributed by atoms with Gasteiger partial charge in [0.15, 0.2) is 5.13 Å². The molecule has 0 aliphatic carbocycles. The Morgan fingerprint density at radius 2 is 2.20 bits per heavy atom. The lowest BCUT2D eigenvalue weighted by atomic mass is 10.0. The molecule has 1 atom stereocenters. The first-order valence-electron chi connectivity index (χ1n) is 6.54. The highest BCUT2D eigenvalue weighted by Crippen LogP contribution is 2.30. The van der Waals surface area contributed by atoms with Crippen LogP contribution in [-0.2, 0) is 4.79 Å². The van der Waals surface area contributed by atoms with Gasteiger partial charge in [-0.1, -0.05) is 13.8 Å². The van der Waals surface area contributed by atoms with Crippen LogP contribution in [0, 0.1) is 12.8 Å². The lowest BCUT2D eigenvalue weighted by Gasteiger charge is -2.12. The van der Waals surface area contributed by atoms with Gasteiger partial charge in [0.2, 0.25) is 5.91 Å². The third kappa shape index (κ3) is 3.88. The van der Waals surface area contributed by atoms with Crippen molar-refractivity contribution in [3.8, 4) is 10.6 Å². The van der Waals surface area contributed by atoms with Crippen molar-refractivity contribution in [2.45, 2.75) is 33.2 Å². The number of aryl methyl sites for hydroxylation is 1. The molecule has 1 amide bonds. The number of thiophene rings is 1. The van der Waals surface area contributed by atoms with Gasteiger partial charge in [-0.2, -0.15) is 0 Å². The van der Waals surface area contributed by atoms with Crippen LogP contribution in [0.25, 0.3) is 10.6 Å². The molecule has 2 aromatic heterocycles. The second-order valence-corrected chi connectivity index (χ2v) is 7.32. The van der Waals surface area contributed by atoms with Gasteiger partial charge in [-0.3, -0.25) is 4.79 Å². The van der Waals surface area contributed by atoms with Gasteiger partial charge < -0.3 is 11.1 Å². The summed E-state index contributed by atoms with van der Waals surface area (Å²) in [5.74, 6) is 0.235. The second kappa shape index (κ2) is 6.47. The van der Waals surface area contributed by atoms with Crippen LogP contribution in [0.3, 0.4) is 0 Å². The minimum atomic E-state index is -0.480. The summed E-state index contributed by atoms with van der Waals surface area (Å²) in [4.78, 5) is 18.7. The SMILES string of the molecule is Cc1ccc(-c2csc(NC(=O)[C@@H](N)CC(C)C)n2)s1. The Balaban J connectivity index is 2.01. The molecule has 20 heavy (non-hydrogen) atoms. The van der Waals surface area contributed by atoms with Crippen molar-refractivity contribution < 1.29 is 4.79 Å². The Hall–Kier alpha value is -1.24. The van der Waals surface area contributed by atoms with E-state index in [0.29, 0.717) is 17.5 Å². The molecule has 0 fully saturated rings. The summed E-state index contributed by atoms with van der Waals surface area (Å²) in [5, 5.41) is 5.35. The standard InChI is InChI=1S/C14H19N3OS2/c1-8(2)6-10(15)13(18)17-14-16-11(7-19-14)12-5-4-9(3)20-12/h4-5,7-8,10H,6,15H2,1-3H3,(H,16,17,18)/t10-/m0/s1. The first kappa shape index (κ1) is 15.2. The molecular weight excluding hydrogens is 290 g/mol. The van der Waals surface area contributed by atoms with E-state index < -0.39 is 6.04 Å². The fourth-order valence-electron chi connectivity index (χ4n) is 1.83. The molecule has 3 N–H and O–H groups in total. The number of rotatable bonds is 5. The van der Waals surface area contributed by atoms with E-state index in [2.05, 4.69) is 23.3 Å². The first-order valence-corrected chi connectivity index (χ1v) is 8.24. The van der Waals surface area contributed by atoms with Gasteiger partial charge in [-0.25, -0.2) is 4.98 Å². The minimum absolute atomic E-state index is 0.165.